The molecule has 0 radical (unpaired) electrons. The predicted molar refractivity (Wildman–Crippen MR) is 70.8 cm³/mol. The van der Waals surface area contributed by atoms with Crippen LogP contribution in [0.1, 0.15) is 0 Å². The number of aromatic nitrogens is 1. The number of rotatable bonds is 6. The van der Waals surface area contributed by atoms with Gasteiger partial charge < -0.3 is 19.9 Å². The van der Waals surface area contributed by atoms with Crippen LogP contribution in [-0.4, -0.2) is 46.1 Å². The molecule has 102 valence electrons. The SMILES string of the molecule is O=C(CSc1nc2ccccc2o1)NCC(O)CO. The van der Waals surface area contributed by atoms with E-state index in [2.05, 4.69) is 10.3 Å². The number of nitrogens with zero attached hydrogens (tertiary/aromatic N) is 1. The van der Waals surface area contributed by atoms with E-state index in [1.54, 1.807) is 0 Å². The number of carbonyl (C=O) groups is 1. The quantitative estimate of drug-likeness (QED) is 0.663. The van der Waals surface area contributed by atoms with E-state index in [9.17, 15) is 4.79 Å². The summed E-state index contributed by atoms with van der Waals surface area (Å²) in [5.74, 6) is -0.106. The summed E-state index contributed by atoms with van der Waals surface area (Å²) in [7, 11) is 0. The third-order valence-corrected chi connectivity index (χ3v) is 3.17. The number of para-hydroxylation sites is 2. The second kappa shape index (κ2) is 6.55. The van der Waals surface area contributed by atoms with Crippen LogP contribution in [-0.2, 0) is 4.79 Å². The maximum Gasteiger partial charge on any atom is 0.257 e. The Morgan fingerprint density at radius 2 is 2.26 bits per heavy atom. The van der Waals surface area contributed by atoms with E-state index >= 15 is 0 Å². The highest BCUT2D eigenvalue weighted by atomic mass is 32.2. The number of hydrogen-bond donors (Lipinski definition) is 3. The first-order valence-electron chi connectivity index (χ1n) is 5.73. The number of hydrogen-bond acceptors (Lipinski definition) is 6. The Labute approximate surface area is 113 Å². The van der Waals surface area contributed by atoms with Crippen LogP contribution in [0.5, 0.6) is 0 Å². The van der Waals surface area contributed by atoms with Gasteiger partial charge in [-0.15, -0.1) is 0 Å². The van der Waals surface area contributed by atoms with Gasteiger partial charge in [0, 0.05) is 6.54 Å². The van der Waals surface area contributed by atoms with Gasteiger partial charge in [-0.1, -0.05) is 23.9 Å². The average molecular weight is 282 g/mol. The van der Waals surface area contributed by atoms with Crippen LogP contribution in [0.2, 0.25) is 0 Å². The molecule has 19 heavy (non-hydrogen) atoms. The van der Waals surface area contributed by atoms with E-state index in [0.717, 1.165) is 5.52 Å². The molecule has 0 spiro atoms. The Morgan fingerprint density at radius 3 is 3.00 bits per heavy atom. The summed E-state index contributed by atoms with van der Waals surface area (Å²) in [4.78, 5) is 15.7. The summed E-state index contributed by atoms with van der Waals surface area (Å²) in [6.07, 6.45) is -0.932. The fourth-order valence-electron chi connectivity index (χ4n) is 1.39. The first-order chi connectivity index (χ1) is 9.19. The van der Waals surface area contributed by atoms with Gasteiger partial charge in [0.05, 0.1) is 18.5 Å². The predicted octanol–water partition coefficient (Wildman–Crippen LogP) is 0.389. The van der Waals surface area contributed by atoms with Crippen molar-refractivity contribution in [3.05, 3.63) is 24.3 Å². The third-order valence-electron chi connectivity index (χ3n) is 2.35. The molecule has 0 aliphatic rings. The van der Waals surface area contributed by atoms with Crippen molar-refractivity contribution in [2.24, 2.45) is 0 Å². The molecule has 2 aromatic rings. The molecule has 6 nitrogen and oxygen atoms in total. The second-order valence-electron chi connectivity index (χ2n) is 3.88. The zero-order valence-electron chi connectivity index (χ0n) is 10.1. The van der Waals surface area contributed by atoms with Crippen LogP contribution in [0.4, 0.5) is 0 Å². The van der Waals surface area contributed by atoms with Crippen LogP contribution in [0, 0.1) is 0 Å². The van der Waals surface area contributed by atoms with E-state index in [1.165, 1.54) is 11.8 Å². The lowest BCUT2D eigenvalue weighted by Crippen LogP contribution is -2.34. The van der Waals surface area contributed by atoms with Crippen molar-refractivity contribution < 1.29 is 19.4 Å². The molecule has 7 heteroatoms. The van der Waals surface area contributed by atoms with Crippen LogP contribution < -0.4 is 5.32 Å². The lowest BCUT2D eigenvalue weighted by molar-refractivity contribution is -0.119. The van der Waals surface area contributed by atoms with Crippen LogP contribution in [0.25, 0.3) is 11.1 Å². The summed E-state index contributed by atoms with van der Waals surface area (Å²) in [6, 6.07) is 7.36. The fourth-order valence-corrected chi connectivity index (χ4v) is 2.06. The lowest BCUT2D eigenvalue weighted by Gasteiger charge is -2.07. The van der Waals surface area contributed by atoms with Gasteiger partial charge >= 0.3 is 0 Å². The number of carbonyl (C=O) groups excluding carboxylic acids is 1. The van der Waals surface area contributed by atoms with Crippen molar-refractivity contribution in [1.82, 2.24) is 10.3 Å². The molecule has 2 rings (SSSR count). The number of nitrogens with one attached hydrogen (secondary N) is 1. The first-order valence-corrected chi connectivity index (χ1v) is 6.71. The fraction of sp³-hybridized carbons (Fsp3) is 0.333. The van der Waals surface area contributed by atoms with Crippen LogP contribution in [0.3, 0.4) is 0 Å². The first kappa shape index (κ1) is 13.9. The van der Waals surface area contributed by atoms with Gasteiger partial charge in [0.15, 0.2) is 5.58 Å². The highest BCUT2D eigenvalue weighted by Crippen LogP contribution is 2.22. The number of fused-ring (bicyclic) bond motifs is 1. The Morgan fingerprint density at radius 1 is 1.47 bits per heavy atom. The molecule has 1 atom stereocenters. The topological polar surface area (TPSA) is 95.6 Å². The minimum absolute atomic E-state index is 0.0312. The number of aliphatic hydroxyl groups is 2. The molecule has 0 saturated carbocycles. The molecule has 1 aromatic carbocycles. The van der Waals surface area contributed by atoms with Crippen molar-refractivity contribution in [3.8, 4) is 0 Å². The summed E-state index contributed by atoms with van der Waals surface area (Å²) < 4.78 is 5.45. The normalized spacial score (nSPS) is 12.5. The minimum atomic E-state index is -0.932. The number of benzene rings is 1. The Bertz CT molecular complexity index is 524. The maximum absolute atomic E-state index is 11.5. The van der Waals surface area contributed by atoms with E-state index in [1.807, 2.05) is 24.3 Å². The van der Waals surface area contributed by atoms with Crippen molar-refractivity contribution in [2.45, 2.75) is 11.3 Å². The smallest absolute Gasteiger partial charge is 0.257 e. The molecule has 0 fully saturated rings. The van der Waals surface area contributed by atoms with Crippen molar-refractivity contribution >= 4 is 28.8 Å². The summed E-state index contributed by atoms with van der Waals surface area (Å²) in [5.41, 5.74) is 1.43. The maximum atomic E-state index is 11.5. The summed E-state index contributed by atoms with van der Waals surface area (Å²) in [5, 5.41) is 20.6. The summed E-state index contributed by atoms with van der Waals surface area (Å²) >= 11 is 1.18. The van der Waals surface area contributed by atoms with Crippen LogP contribution >= 0.6 is 11.8 Å². The van der Waals surface area contributed by atoms with E-state index in [0.29, 0.717) is 10.8 Å². The molecule has 1 unspecified atom stereocenters. The standard InChI is InChI=1S/C12H14N2O4S/c15-6-8(16)5-13-11(17)7-19-12-14-9-3-1-2-4-10(9)18-12/h1-4,8,15-16H,5-7H2,(H,13,17). The zero-order valence-corrected chi connectivity index (χ0v) is 10.9. The molecule has 0 aliphatic carbocycles. The largest absolute Gasteiger partial charge is 0.431 e. The molecular formula is C12H14N2O4S. The second-order valence-corrected chi connectivity index (χ2v) is 4.80. The minimum Gasteiger partial charge on any atom is -0.431 e. The number of oxazole rings is 1. The van der Waals surface area contributed by atoms with E-state index in [4.69, 9.17) is 14.6 Å². The summed E-state index contributed by atoms with van der Waals surface area (Å²) in [6.45, 7) is -0.345. The molecule has 0 saturated heterocycles. The monoisotopic (exact) mass is 282 g/mol. The molecular weight excluding hydrogens is 268 g/mol. The Kier molecular flexibility index (Phi) is 4.78. The van der Waals surface area contributed by atoms with E-state index in [-0.39, 0.29) is 24.8 Å². The number of amides is 1. The van der Waals surface area contributed by atoms with Gasteiger partial charge in [-0.2, -0.15) is 0 Å². The number of thioether (sulfide) groups is 1. The molecule has 0 bridgehead atoms. The molecule has 0 aliphatic heterocycles. The van der Waals surface area contributed by atoms with Crippen molar-refractivity contribution in [3.63, 3.8) is 0 Å². The van der Waals surface area contributed by atoms with Gasteiger partial charge in [-0.25, -0.2) is 4.98 Å². The molecule has 3 N–H and O–H groups in total. The van der Waals surface area contributed by atoms with Crippen LogP contribution in [0.15, 0.2) is 33.9 Å². The molecule has 1 aromatic heterocycles. The highest BCUT2D eigenvalue weighted by molar-refractivity contribution is 7.99. The molecule has 1 heterocycles. The van der Waals surface area contributed by atoms with Gasteiger partial charge in [0.25, 0.3) is 5.22 Å². The number of aliphatic hydroxyl groups excluding tert-OH is 2. The zero-order chi connectivity index (χ0) is 13.7. The molecule has 1 amide bonds. The Hall–Kier alpha value is -1.57. The van der Waals surface area contributed by atoms with Gasteiger partial charge in [0.1, 0.15) is 5.52 Å². The Balaban J connectivity index is 1.83. The third kappa shape index (κ3) is 3.95. The van der Waals surface area contributed by atoms with E-state index < -0.39 is 6.10 Å². The van der Waals surface area contributed by atoms with Crippen molar-refractivity contribution in [2.75, 3.05) is 18.9 Å². The van der Waals surface area contributed by atoms with Gasteiger partial charge in [0.2, 0.25) is 5.91 Å². The lowest BCUT2D eigenvalue weighted by atomic mass is 10.3. The van der Waals surface area contributed by atoms with Gasteiger partial charge in [-0.3, -0.25) is 4.79 Å². The van der Waals surface area contributed by atoms with Gasteiger partial charge in [-0.05, 0) is 12.1 Å². The average Bonchev–Trinajstić information content (AvgIpc) is 2.85. The highest BCUT2D eigenvalue weighted by Gasteiger charge is 2.10. The van der Waals surface area contributed by atoms with Crippen molar-refractivity contribution in [1.29, 1.82) is 0 Å².